The van der Waals surface area contributed by atoms with Gasteiger partial charge in [0, 0.05) is 6.42 Å². The number of hydrogen-bond donors (Lipinski definition) is 0. The first-order valence-corrected chi connectivity index (χ1v) is 7.45. The van der Waals surface area contributed by atoms with Crippen LogP contribution in [0.2, 0.25) is 0 Å². The molecule has 2 rings (SSSR count). The molecule has 1 aromatic rings. The van der Waals surface area contributed by atoms with Crippen molar-refractivity contribution in [3.63, 3.8) is 0 Å². The summed E-state index contributed by atoms with van der Waals surface area (Å²) in [6.45, 7) is 10.9. The average molecular weight is 258 g/mol. The van der Waals surface area contributed by atoms with Gasteiger partial charge in [-0.1, -0.05) is 19.9 Å². The molecule has 0 N–H and O–H groups in total. The van der Waals surface area contributed by atoms with Crippen LogP contribution in [0.5, 0.6) is 0 Å². The molecule has 0 fully saturated rings. The van der Waals surface area contributed by atoms with Gasteiger partial charge < -0.3 is 4.79 Å². The van der Waals surface area contributed by atoms with Crippen LogP contribution in [0.1, 0.15) is 67.9 Å². The van der Waals surface area contributed by atoms with Crippen LogP contribution >= 0.6 is 0 Å². The SMILES string of the molecule is CC(=O)CCc1cc2c(c(C)c1C)CCCC2(C)C. The fourth-order valence-electron chi connectivity index (χ4n) is 3.38. The Kier molecular flexibility index (Phi) is 3.85. The van der Waals surface area contributed by atoms with E-state index in [1.165, 1.54) is 41.5 Å². The zero-order valence-corrected chi connectivity index (χ0v) is 13.0. The van der Waals surface area contributed by atoms with Crippen LogP contribution in [0.25, 0.3) is 0 Å². The van der Waals surface area contributed by atoms with E-state index in [-0.39, 0.29) is 11.2 Å². The molecule has 0 heterocycles. The third kappa shape index (κ3) is 2.75. The zero-order valence-electron chi connectivity index (χ0n) is 13.0. The van der Waals surface area contributed by atoms with Gasteiger partial charge in [-0.05, 0) is 79.7 Å². The van der Waals surface area contributed by atoms with E-state index >= 15 is 0 Å². The number of hydrogen-bond acceptors (Lipinski definition) is 1. The maximum Gasteiger partial charge on any atom is 0.130 e. The summed E-state index contributed by atoms with van der Waals surface area (Å²) in [5, 5.41) is 0. The molecule has 0 aliphatic heterocycles. The van der Waals surface area contributed by atoms with Crippen molar-refractivity contribution in [1.29, 1.82) is 0 Å². The molecule has 0 unspecified atom stereocenters. The highest BCUT2D eigenvalue weighted by Crippen LogP contribution is 2.40. The second-order valence-corrected chi connectivity index (χ2v) is 6.75. The Labute approximate surface area is 117 Å². The molecule has 0 saturated heterocycles. The molecule has 0 aromatic heterocycles. The first kappa shape index (κ1) is 14.3. The van der Waals surface area contributed by atoms with E-state index < -0.39 is 0 Å². The van der Waals surface area contributed by atoms with Gasteiger partial charge in [-0.2, -0.15) is 0 Å². The maximum absolute atomic E-state index is 11.2. The Hall–Kier alpha value is -1.11. The highest BCUT2D eigenvalue weighted by Gasteiger charge is 2.29. The Balaban J connectivity index is 2.47. The third-order valence-corrected chi connectivity index (χ3v) is 4.84. The summed E-state index contributed by atoms with van der Waals surface area (Å²) in [7, 11) is 0. The molecule has 0 spiro atoms. The first-order chi connectivity index (χ1) is 8.83. The Morgan fingerprint density at radius 3 is 2.58 bits per heavy atom. The van der Waals surface area contributed by atoms with E-state index in [0.717, 1.165) is 6.42 Å². The van der Waals surface area contributed by atoms with Gasteiger partial charge in [0.1, 0.15) is 5.78 Å². The molecular weight excluding hydrogens is 232 g/mol. The molecule has 0 amide bonds. The van der Waals surface area contributed by atoms with Crippen molar-refractivity contribution in [2.24, 2.45) is 0 Å². The summed E-state index contributed by atoms with van der Waals surface area (Å²) < 4.78 is 0. The zero-order chi connectivity index (χ0) is 14.2. The van der Waals surface area contributed by atoms with Crippen molar-refractivity contribution < 1.29 is 4.79 Å². The number of ketones is 1. The lowest BCUT2D eigenvalue weighted by molar-refractivity contribution is -0.116. The number of aryl methyl sites for hydroxylation is 1. The Bertz CT molecular complexity index is 509. The summed E-state index contributed by atoms with van der Waals surface area (Å²) in [4.78, 5) is 11.2. The van der Waals surface area contributed by atoms with Crippen molar-refractivity contribution in [2.75, 3.05) is 0 Å². The van der Waals surface area contributed by atoms with Gasteiger partial charge in [-0.3, -0.25) is 0 Å². The summed E-state index contributed by atoms with van der Waals surface area (Å²) in [6, 6.07) is 2.39. The van der Waals surface area contributed by atoms with Crippen molar-refractivity contribution in [3.05, 3.63) is 33.9 Å². The lowest BCUT2D eigenvalue weighted by Gasteiger charge is -2.35. The molecule has 1 nitrogen and oxygen atoms in total. The molecular formula is C18H26O. The van der Waals surface area contributed by atoms with E-state index in [1.807, 2.05) is 0 Å². The normalized spacial score (nSPS) is 17.1. The molecule has 1 aromatic carbocycles. The summed E-state index contributed by atoms with van der Waals surface area (Å²) >= 11 is 0. The van der Waals surface area contributed by atoms with Crippen molar-refractivity contribution >= 4 is 5.78 Å². The first-order valence-electron chi connectivity index (χ1n) is 7.45. The van der Waals surface area contributed by atoms with E-state index in [1.54, 1.807) is 12.5 Å². The molecule has 0 atom stereocenters. The van der Waals surface area contributed by atoms with E-state index in [9.17, 15) is 4.79 Å². The van der Waals surface area contributed by atoms with E-state index in [4.69, 9.17) is 0 Å². The summed E-state index contributed by atoms with van der Waals surface area (Å²) in [5.41, 5.74) is 7.63. The molecule has 1 aliphatic rings. The van der Waals surface area contributed by atoms with Crippen LogP contribution in [0.4, 0.5) is 0 Å². The number of carbonyl (C=O) groups is 1. The van der Waals surface area contributed by atoms with E-state index in [2.05, 4.69) is 33.8 Å². The monoisotopic (exact) mass is 258 g/mol. The number of rotatable bonds is 3. The van der Waals surface area contributed by atoms with Gasteiger partial charge in [-0.15, -0.1) is 0 Å². The lowest BCUT2D eigenvalue weighted by Crippen LogP contribution is -2.25. The third-order valence-electron chi connectivity index (χ3n) is 4.84. The van der Waals surface area contributed by atoms with Crippen LogP contribution < -0.4 is 0 Å². The van der Waals surface area contributed by atoms with Crippen LogP contribution in [-0.2, 0) is 23.1 Å². The standard InChI is InChI=1S/C18H26O/c1-12(19)8-9-15-11-17-16(14(3)13(15)2)7-6-10-18(17,4)5/h11H,6-10H2,1-5H3. The molecule has 0 radical (unpaired) electrons. The van der Waals surface area contributed by atoms with Gasteiger partial charge in [-0.25, -0.2) is 0 Å². The summed E-state index contributed by atoms with van der Waals surface area (Å²) in [6.07, 6.45) is 5.35. The van der Waals surface area contributed by atoms with Crippen LogP contribution in [0.3, 0.4) is 0 Å². The maximum atomic E-state index is 11.2. The minimum absolute atomic E-state index is 0.286. The second kappa shape index (κ2) is 5.11. The number of fused-ring (bicyclic) bond motifs is 1. The highest BCUT2D eigenvalue weighted by atomic mass is 16.1. The van der Waals surface area contributed by atoms with Crippen LogP contribution in [0, 0.1) is 13.8 Å². The second-order valence-electron chi connectivity index (χ2n) is 6.75. The van der Waals surface area contributed by atoms with Gasteiger partial charge in [0.05, 0.1) is 0 Å². The smallest absolute Gasteiger partial charge is 0.130 e. The van der Waals surface area contributed by atoms with Gasteiger partial charge >= 0.3 is 0 Å². The van der Waals surface area contributed by atoms with Gasteiger partial charge in [0.2, 0.25) is 0 Å². The predicted molar refractivity (Wildman–Crippen MR) is 80.9 cm³/mol. The van der Waals surface area contributed by atoms with Crippen LogP contribution in [-0.4, -0.2) is 5.78 Å². The number of Topliss-reactive ketones (excluding diaryl/α,β-unsaturated/α-hetero) is 1. The molecule has 1 aliphatic carbocycles. The van der Waals surface area contributed by atoms with Crippen molar-refractivity contribution in [2.45, 2.75) is 72.1 Å². The van der Waals surface area contributed by atoms with Crippen molar-refractivity contribution in [1.82, 2.24) is 0 Å². The number of benzene rings is 1. The average Bonchev–Trinajstić information content (AvgIpc) is 2.32. The molecule has 104 valence electrons. The highest BCUT2D eigenvalue weighted by molar-refractivity contribution is 5.75. The Morgan fingerprint density at radius 2 is 1.95 bits per heavy atom. The van der Waals surface area contributed by atoms with Crippen LogP contribution in [0.15, 0.2) is 6.07 Å². The molecule has 1 heteroatoms. The number of carbonyl (C=O) groups excluding carboxylic acids is 1. The predicted octanol–water partition coefficient (Wildman–Crippen LogP) is 4.44. The molecule has 19 heavy (non-hydrogen) atoms. The molecule has 0 saturated carbocycles. The minimum atomic E-state index is 0.286. The quantitative estimate of drug-likeness (QED) is 0.783. The largest absolute Gasteiger partial charge is 0.300 e. The lowest BCUT2D eigenvalue weighted by atomic mass is 9.70. The Morgan fingerprint density at radius 1 is 1.26 bits per heavy atom. The van der Waals surface area contributed by atoms with Crippen molar-refractivity contribution in [3.8, 4) is 0 Å². The molecule has 0 bridgehead atoms. The van der Waals surface area contributed by atoms with Gasteiger partial charge in [0.25, 0.3) is 0 Å². The topological polar surface area (TPSA) is 17.1 Å². The summed E-state index contributed by atoms with van der Waals surface area (Å²) in [5.74, 6) is 0.286. The fourth-order valence-corrected chi connectivity index (χ4v) is 3.38. The van der Waals surface area contributed by atoms with Gasteiger partial charge in [0.15, 0.2) is 0 Å². The fraction of sp³-hybridized carbons (Fsp3) is 0.611. The minimum Gasteiger partial charge on any atom is -0.300 e. The van der Waals surface area contributed by atoms with E-state index in [0.29, 0.717) is 6.42 Å².